The van der Waals surface area contributed by atoms with Crippen LogP contribution < -0.4 is 0 Å². The Bertz CT molecular complexity index is 335. The van der Waals surface area contributed by atoms with Crippen LogP contribution in [0.4, 0.5) is 0 Å². The molecule has 3 N–H and O–H groups in total. The van der Waals surface area contributed by atoms with Gasteiger partial charge in [0, 0.05) is 12.5 Å². The fourth-order valence-corrected chi connectivity index (χ4v) is 3.32. The van der Waals surface area contributed by atoms with Gasteiger partial charge in [-0.05, 0) is 24.6 Å². The van der Waals surface area contributed by atoms with Crippen molar-refractivity contribution in [2.45, 2.75) is 57.0 Å². The first kappa shape index (κ1) is 16.9. The SMILES string of the molecule is CC(C)(C)[Si](C)(C)O[C@@H]1C=C[C@](O)(CO)[C@@H](CO)C1. The second-order valence-corrected chi connectivity index (χ2v) is 11.8. The van der Waals surface area contributed by atoms with Gasteiger partial charge in [-0.2, -0.15) is 0 Å². The summed E-state index contributed by atoms with van der Waals surface area (Å²) in [6.07, 6.45) is 3.85. The van der Waals surface area contributed by atoms with Gasteiger partial charge in [-0.1, -0.05) is 32.9 Å². The van der Waals surface area contributed by atoms with Crippen molar-refractivity contribution in [1.29, 1.82) is 0 Å². The third-order valence-corrected chi connectivity index (χ3v) is 9.05. The Morgan fingerprint density at radius 3 is 2.32 bits per heavy atom. The first-order valence-electron chi connectivity index (χ1n) is 6.87. The lowest BCUT2D eigenvalue weighted by atomic mass is 9.80. The second-order valence-electron chi connectivity index (χ2n) is 7.04. The van der Waals surface area contributed by atoms with E-state index in [1.165, 1.54) is 0 Å². The molecule has 0 aromatic rings. The average molecular weight is 288 g/mol. The Hall–Kier alpha value is -0.203. The summed E-state index contributed by atoms with van der Waals surface area (Å²) in [6.45, 7) is 10.4. The third-order valence-electron chi connectivity index (χ3n) is 4.55. The Kier molecular flexibility index (Phi) is 5.02. The molecule has 0 fully saturated rings. The lowest BCUT2D eigenvalue weighted by molar-refractivity contribution is -0.0586. The summed E-state index contributed by atoms with van der Waals surface area (Å²) in [7, 11) is -1.87. The van der Waals surface area contributed by atoms with Crippen LogP contribution in [0.1, 0.15) is 27.2 Å². The molecule has 5 heteroatoms. The molecule has 0 aliphatic heterocycles. The molecule has 0 bridgehead atoms. The van der Waals surface area contributed by atoms with Gasteiger partial charge in [0.25, 0.3) is 0 Å². The molecule has 0 radical (unpaired) electrons. The summed E-state index contributed by atoms with van der Waals surface area (Å²) < 4.78 is 6.26. The van der Waals surface area contributed by atoms with Crippen molar-refractivity contribution in [2.75, 3.05) is 13.2 Å². The maximum atomic E-state index is 10.2. The van der Waals surface area contributed by atoms with E-state index in [1.807, 2.05) is 6.08 Å². The van der Waals surface area contributed by atoms with Gasteiger partial charge in [-0.3, -0.25) is 0 Å². The minimum absolute atomic E-state index is 0.0927. The maximum Gasteiger partial charge on any atom is 0.192 e. The standard InChI is InChI=1S/C14H28O4Si/c1-13(2,3)19(4,5)18-12-6-7-14(17,10-16)11(8-12)9-15/h6-7,11-12,15-17H,8-10H2,1-5H3/t11-,12-,14+/m1/s1. The second kappa shape index (κ2) is 5.66. The van der Waals surface area contributed by atoms with Crippen molar-refractivity contribution < 1.29 is 19.7 Å². The molecule has 1 rings (SSSR count). The van der Waals surface area contributed by atoms with Gasteiger partial charge in [0.2, 0.25) is 0 Å². The number of rotatable bonds is 4. The van der Waals surface area contributed by atoms with Crippen molar-refractivity contribution in [3.8, 4) is 0 Å². The lowest BCUT2D eigenvalue weighted by Gasteiger charge is -2.42. The van der Waals surface area contributed by atoms with Crippen molar-refractivity contribution in [1.82, 2.24) is 0 Å². The van der Waals surface area contributed by atoms with Gasteiger partial charge in [-0.15, -0.1) is 0 Å². The number of hydrogen-bond acceptors (Lipinski definition) is 4. The van der Waals surface area contributed by atoms with Crippen molar-refractivity contribution in [2.24, 2.45) is 5.92 Å². The topological polar surface area (TPSA) is 69.9 Å². The third kappa shape index (κ3) is 3.67. The molecule has 1 aliphatic carbocycles. The Labute approximate surface area is 117 Å². The number of aliphatic hydroxyl groups excluding tert-OH is 2. The van der Waals surface area contributed by atoms with E-state index in [4.69, 9.17) is 4.43 Å². The minimum atomic E-state index is -1.87. The monoisotopic (exact) mass is 288 g/mol. The molecular weight excluding hydrogens is 260 g/mol. The molecule has 0 amide bonds. The molecule has 1 aliphatic rings. The predicted molar refractivity (Wildman–Crippen MR) is 78.4 cm³/mol. The van der Waals surface area contributed by atoms with E-state index in [0.29, 0.717) is 6.42 Å². The summed E-state index contributed by atoms with van der Waals surface area (Å²) in [6, 6.07) is 0. The van der Waals surface area contributed by atoms with E-state index in [0.717, 1.165) is 0 Å². The molecular formula is C14H28O4Si. The highest BCUT2D eigenvalue weighted by atomic mass is 28.4. The van der Waals surface area contributed by atoms with Gasteiger partial charge < -0.3 is 19.7 Å². The zero-order chi connectivity index (χ0) is 14.9. The predicted octanol–water partition coefficient (Wildman–Crippen LogP) is 1.67. The molecule has 0 unspecified atom stereocenters. The van der Waals surface area contributed by atoms with Crippen LogP contribution in [-0.2, 0) is 4.43 Å². The van der Waals surface area contributed by atoms with Crippen LogP contribution in [0, 0.1) is 5.92 Å². The maximum absolute atomic E-state index is 10.2. The van der Waals surface area contributed by atoms with Gasteiger partial charge in [-0.25, -0.2) is 0 Å². The zero-order valence-electron chi connectivity index (χ0n) is 12.7. The van der Waals surface area contributed by atoms with Gasteiger partial charge in [0.1, 0.15) is 5.60 Å². The minimum Gasteiger partial charge on any atom is -0.411 e. The van der Waals surface area contributed by atoms with Crippen LogP contribution in [0.25, 0.3) is 0 Å². The van der Waals surface area contributed by atoms with E-state index in [1.54, 1.807) is 6.08 Å². The van der Waals surface area contributed by atoms with E-state index in [2.05, 4.69) is 33.9 Å². The average Bonchev–Trinajstić information content (AvgIpc) is 2.30. The molecule has 0 saturated carbocycles. The molecule has 3 atom stereocenters. The Balaban J connectivity index is 2.82. The van der Waals surface area contributed by atoms with Gasteiger partial charge in [0.15, 0.2) is 8.32 Å². The van der Waals surface area contributed by atoms with Crippen molar-refractivity contribution in [3.05, 3.63) is 12.2 Å². The van der Waals surface area contributed by atoms with Crippen LogP contribution >= 0.6 is 0 Å². The molecule has 0 aromatic carbocycles. The van der Waals surface area contributed by atoms with Crippen LogP contribution in [0.15, 0.2) is 12.2 Å². The fraction of sp³-hybridized carbons (Fsp3) is 0.857. The molecule has 0 heterocycles. The molecule has 0 aromatic heterocycles. The van der Waals surface area contributed by atoms with E-state index < -0.39 is 13.9 Å². The number of aliphatic hydroxyl groups is 3. The zero-order valence-corrected chi connectivity index (χ0v) is 13.7. The van der Waals surface area contributed by atoms with Crippen LogP contribution in [0.5, 0.6) is 0 Å². The molecule has 112 valence electrons. The van der Waals surface area contributed by atoms with Gasteiger partial charge in [0.05, 0.1) is 12.7 Å². The van der Waals surface area contributed by atoms with Gasteiger partial charge >= 0.3 is 0 Å². The lowest BCUT2D eigenvalue weighted by Crippen LogP contribution is -2.49. The Morgan fingerprint density at radius 2 is 1.89 bits per heavy atom. The summed E-state index contributed by atoms with van der Waals surface area (Å²) >= 11 is 0. The fourth-order valence-electron chi connectivity index (χ4n) is 2.03. The van der Waals surface area contributed by atoms with Crippen LogP contribution in [0.2, 0.25) is 18.1 Å². The summed E-state index contributed by atoms with van der Waals surface area (Å²) in [5.74, 6) is -0.378. The van der Waals surface area contributed by atoms with E-state index in [-0.39, 0.29) is 30.3 Å². The molecule has 4 nitrogen and oxygen atoms in total. The quantitative estimate of drug-likeness (QED) is 0.544. The van der Waals surface area contributed by atoms with Crippen molar-refractivity contribution in [3.63, 3.8) is 0 Å². The number of hydrogen-bond donors (Lipinski definition) is 3. The van der Waals surface area contributed by atoms with Crippen molar-refractivity contribution >= 4 is 8.32 Å². The molecule has 0 spiro atoms. The van der Waals surface area contributed by atoms with E-state index >= 15 is 0 Å². The van der Waals surface area contributed by atoms with Crippen LogP contribution in [0.3, 0.4) is 0 Å². The molecule has 19 heavy (non-hydrogen) atoms. The first-order chi connectivity index (χ1) is 8.55. The normalized spacial score (nSPS) is 32.6. The van der Waals surface area contributed by atoms with Crippen LogP contribution in [-0.4, -0.2) is 48.6 Å². The largest absolute Gasteiger partial charge is 0.411 e. The highest BCUT2D eigenvalue weighted by Crippen LogP contribution is 2.39. The van der Waals surface area contributed by atoms with E-state index in [9.17, 15) is 15.3 Å². The summed E-state index contributed by atoms with van der Waals surface area (Å²) in [5, 5.41) is 28.9. The first-order valence-corrected chi connectivity index (χ1v) is 9.78. The highest BCUT2D eigenvalue weighted by Gasteiger charge is 2.43. The summed E-state index contributed by atoms with van der Waals surface area (Å²) in [4.78, 5) is 0. The summed E-state index contributed by atoms with van der Waals surface area (Å²) in [5.41, 5.74) is -1.32. The Morgan fingerprint density at radius 1 is 1.32 bits per heavy atom. The smallest absolute Gasteiger partial charge is 0.192 e. The molecule has 0 saturated heterocycles. The highest BCUT2D eigenvalue weighted by molar-refractivity contribution is 6.74.